The summed E-state index contributed by atoms with van der Waals surface area (Å²) in [6, 6.07) is 0. The van der Waals surface area contributed by atoms with E-state index in [4.69, 9.17) is 4.74 Å². The smallest absolute Gasteiger partial charge is 0.114 e. The van der Waals surface area contributed by atoms with E-state index in [1.807, 2.05) is 0 Å². The van der Waals surface area contributed by atoms with Crippen LogP contribution in [0.5, 0.6) is 0 Å². The summed E-state index contributed by atoms with van der Waals surface area (Å²) < 4.78 is 5.35. The lowest BCUT2D eigenvalue weighted by Gasteiger charge is -2.36. The van der Waals surface area contributed by atoms with Crippen molar-refractivity contribution in [3.05, 3.63) is 0 Å². The van der Waals surface area contributed by atoms with Crippen LogP contribution in [-0.4, -0.2) is 16.9 Å². The van der Waals surface area contributed by atoms with Crippen molar-refractivity contribution in [1.29, 1.82) is 0 Å². The summed E-state index contributed by atoms with van der Waals surface area (Å²) in [5.41, 5.74) is 3.35. The lowest BCUT2D eigenvalue weighted by molar-refractivity contribution is 0.271. The summed E-state index contributed by atoms with van der Waals surface area (Å²) in [7, 11) is -0.350. The minimum Gasteiger partial charge on any atom is -0.446 e. The van der Waals surface area contributed by atoms with E-state index in [1.165, 1.54) is 0 Å². The molecule has 0 spiro atoms. The molecule has 0 heterocycles. The summed E-state index contributed by atoms with van der Waals surface area (Å²) >= 11 is 0. The molecule has 0 aromatic carbocycles. The van der Waals surface area contributed by atoms with Gasteiger partial charge in [-0.1, -0.05) is 54.9 Å². The Morgan fingerprint density at radius 3 is 1.88 bits per heavy atom. The van der Waals surface area contributed by atoms with Gasteiger partial charge in [0.2, 0.25) is 0 Å². The van der Waals surface area contributed by atoms with Crippen LogP contribution in [-0.2, 0) is 4.74 Å². The van der Waals surface area contributed by atoms with E-state index < -0.39 is 0 Å². The highest BCUT2D eigenvalue weighted by atomic mass is 31.1. The van der Waals surface area contributed by atoms with Gasteiger partial charge in [-0.05, 0) is 30.3 Å². The average molecular weight is 242 g/mol. The van der Waals surface area contributed by atoms with Crippen LogP contribution >= 0.6 is 7.92 Å². The van der Waals surface area contributed by atoms with Crippen molar-refractivity contribution in [1.82, 2.24) is 0 Å². The van der Waals surface area contributed by atoms with Crippen molar-refractivity contribution in [2.75, 3.05) is 6.61 Å². The molecule has 0 N–H and O–H groups in total. The minimum atomic E-state index is -0.350. The van der Waals surface area contributed by atoms with Gasteiger partial charge in [-0.2, -0.15) is 0 Å². The second-order valence-corrected chi connectivity index (χ2v) is 9.67. The molecule has 0 saturated carbocycles. The fraction of sp³-hybridized carbons (Fsp3) is 0.857. The molecule has 0 amide bonds. The number of unbranched alkanes of at least 4 members (excludes halogenated alkanes) is 1. The molecule has 0 rings (SSSR count). The molecule has 0 bridgehead atoms. The zero-order chi connectivity index (χ0) is 12.8. The molecular formula is C14H27OP. The minimum absolute atomic E-state index is 0.259. The summed E-state index contributed by atoms with van der Waals surface area (Å²) in [6.07, 6.45) is 5.17. The van der Waals surface area contributed by atoms with Gasteiger partial charge in [-0.15, -0.1) is 0 Å². The lowest BCUT2D eigenvalue weighted by atomic mass is 10.2. The molecule has 0 fully saturated rings. The van der Waals surface area contributed by atoms with Crippen molar-refractivity contribution in [3.8, 4) is 11.8 Å². The topological polar surface area (TPSA) is 9.23 Å². The van der Waals surface area contributed by atoms with E-state index in [2.05, 4.69) is 60.2 Å². The summed E-state index contributed by atoms with van der Waals surface area (Å²) in [6.45, 7) is 16.5. The van der Waals surface area contributed by atoms with Gasteiger partial charge in [0, 0.05) is 0 Å². The highest BCUT2D eigenvalue weighted by molar-refractivity contribution is 7.65. The van der Waals surface area contributed by atoms with Crippen molar-refractivity contribution in [3.63, 3.8) is 0 Å². The number of rotatable bonds is 3. The highest BCUT2D eigenvalue weighted by Gasteiger charge is 2.33. The number of ether oxygens (including phenoxy) is 1. The monoisotopic (exact) mass is 242 g/mol. The molecule has 0 aliphatic rings. The van der Waals surface area contributed by atoms with E-state index in [0.717, 1.165) is 19.4 Å². The third kappa shape index (κ3) is 6.39. The Hall–Kier alpha value is -0.210. The molecule has 0 aromatic heterocycles. The third-order valence-corrected chi connectivity index (χ3v) is 5.17. The van der Waals surface area contributed by atoms with Crippen LogP contribution in [0, 0.1) is 11.8 Å². The number of hydrogen-bond donors (Lipinski definition) is 0. The van der Waals surface area contributed by atoms with Gasteiger partial charge in [-0.25, -0.2) is 0 Å². The Morgan fingerprint density at radius 2 is 1.50 bits per heavy atom. The van der Waals surface area contributed by atoms with Crippen LogP contribution in [0.2, 0.25) is 0 Å². The van der Waals surface area contributed by atoms with Crippen molar-refractivity contribution < 1.29 is 4.74 Å². The van der Waals surface area contributed by atoms with E-state index in [1.54, 1.807) is 0 Å². The van der Waals surface area contributed by atoms with Crippen molar-refractivity contribution in [2.45, 2.75) is 71.6 Å². The molecule has 94 valence electrons. The molecule has 0 aromatic rings. The van der Waals surface area contributed by atoms with Gasteiger partial charge in [0.25, 0.3) is 0 Å². The molecule has 0 unspecified atom stereocenters. The van der Waals surface area contributed by atoms with Crippen LogP contribution in [0.3, 0.4) is 0 Å². The molecule has 0 radical (unpaired) electrons. The second kappa shape index (κ2) is 6.51. The van der Waals surface area contributed by atoms with E-state index in [9.17, 15) is 0 Å². The van der Waals surface area contributed by atoms with Gasteiger partial charge < -0.3 is 4.74 Å². The normalized spacial score (nSPS) is 12.2. The zero-order valence-corrected chi connectivity index (χ0v) is 12.9. The van der Waals surface area contributed by atoms with Gasteiger partial charge in [0.05, 0.1) is 0 Å². The van der Waals surface area contributed by atoms with E-state index in [-0.39, 0.29) is 18.2 Å². The number of hydrogen-bond acceptors (Lipinski definition) is 1. The maximum Gasteiger partial charge on any atom is 0.114 e. The summed E-state index contributed by atoms with van der Waals surface area (Å²) in [4.78, 5) is 0. The van der Waals surface area contributed by atoms with Crippen LogP contribution < -0.4 is 0 Å². The molecule has 0 aliphatic heterocycles. The molecular weight excluding hydrogens is 215 g/mol. The SMILES string of the molecule is CCCCOC#CP(C(C)(C)C)C(C)(C)C. The van der Waals surface area contributed by atoms with E-state index >= 15 is 0 Å². The molecule has 0 atom stereocenters. The highest BCUT2D eigenvalue weighted by Crippen LogP contribution is 2.58. The van der Waals surface area contributed by atoms with Crippen LogP contribution in [0.25, 0.3) is 0 Å². The quantitative estimate of drug-likeness (QED) is 0.392. The second-order valence-electron chi connectivity index (χ2n) is 6.09. The fourth-order valence-electron chi connectivity index (χ4n) is 1.69. The van der Waals surface area contributed by atoms with Crippen LogP contribution in [0.4, 0.5) is 0 Å². The largest absolute Gasteiger partial charge is 0.446 e. The first kappa shape index (κ1) is 15.8. The first-order valence-electron chi connectivity index (χ1n) is 6.12. The molecule has 2 heteroatoms. The van der Waals surface area contributed by atoms with Gasteiger partial charge in [0.1, 0.15) is 12.7 Å². The average Bonchev–Trinajstić information content (AvgIpc) is 2.06. The van der Waals surface area contributed by atoms with Crippen molar-refractivity contribution >= 4 is 7.92 Å². The predicted octanol–water partition coefficient (Wildman–Crippen LogP) is 4.80. The predicted molar refractivity (Wildman–Crippen MR) is 75.1 cm³/mol. The maximum atomic E-state index is 5.35. The first-order valence-corrected chi connectivity index (χ1v) is 7.46. The standard InChI is InChI=1S/C14H27OP/c1-8-9-10-15-11-12-16(13(2,3)4)14(5,6)7/h8-10H2,1-7H3. The van der Waals surface area contributed by atoms with Crippen LogP contribution in [0.1, 0.15) is 61.3 Å². The maximum absolute atomic E-state index is 5.35. The summed E-state index contributed by atoms with van der Waals surface area (Å²) in [5.74, 6) is 0. The first-order chi connectivity index (χ1) is 7.19. The molecule has 0 aliphatic carbocycles. The van der Waals surface area contributed by atoms with Gasteiger partial charge in [0.15, 0.2) is 0 Å². The molecule has 0 saturated heterocycles. The Kier molecular flexibility index (Phi) is 6.42. The Morgan fingerprint density at radius 1 is 1.00 bits per heavy atom. The Bertz CT molecular complexity index is 233. The van der Waals surface area contributed by atoms with Gasteiger partial charge >= 0.3 is 0 Å². The molecule has 16 heavy (non-hydrogen) atoms. The summed E-state index contributed by atoms with van der Waals surface area (Å²) in [5, 5.41) is 0.517. The lowest BCUT2D eigenvalue weighted by Crippen LogP contribution is -2.23. The van der Waals surface area contributed by atoms with Crippen molar-refractivity contribution in [2.24, 2.45) is 0 Å². The van der Waals surface area contributed by atoms with Gasteiger partial charge in [-0.3, -0.25) is 0 Å². The Labute approximate surface area is 103 Å². The fourth-order valence-corrected chi connectivity index (χ4v) is 4.53. The Balaban J connectivity index is 4.46. The zero-order valence-electron chi connectivity index (χ0n) is 12.0. The third-order valence-electron chi connectivity index (χ3n) is 2.17. The molecule has 1 nitrogen and oxygen atoms in total. The van der Waals surface area contributed by atoms with E-state index in [0.29, 0.717) is 0 Å². The van der Waals surface area contributed by atoms with Crippen LogP contribution in [0.15, 0.2) is 0 Å².